The molecule has 0 spiro atoms. The van der Waals surface area contributed by atoms with E-state index in [1.165, 1.54) is 43.3 Å². The van der Waals surface area contributed by atoms with Crippen LogP contribution in [0.2, 0.25) is 0 Å². The highest BCUT2D eigenvalue weighted by atomic mass is 32.2. The quantitative estimate of drug-likeness (QED) is 0.345. The largest absolute Gasteiger partial charge is 0.427 e. The van der Waals surface area contributed by atoms with E-state index in [9.17, 15) is 18.0 Å². The smallest absolute Gasteiger partial charge is 0.308 e. The maximum absolute atomic E-state index is 12.0. The molecule has 0 N–H and O–H groups in total. The Hall–Kier alpha value is -2.51. The molecule has 0 amide bonds. The average Bonchev–Trinajstić information content (AvgIpc) is 2.53. The van der Waals surface area contributed by atoms with Crippen molar-refractivity contribution in [2.45, 2.75) is 18.7 Å². The van der Waals surface area contributed by atoms with E-state index in [4.69, 9.17) is 8.92 Å². The molecule has 0 bridgehead atoms. The third-order valence-electron chi connectivity index (χ3n) is 3.09. The van der Waals surface area contributed by atoms with Crippen LogP contribution in [0.15, 0.2) is 53.4 Å². The van der Waals surface area contributed by atoms with Crippen molar-refractivity contribution < 1.29 is 26.9 Å². The zero-order valence-electron chi connectivity index (χ0n) is 13.2. The molecule has 0 atom stereocenters. The number of ketones is 1. The van der Waals surface area contributed by atoms with Crippen molar-refractivity contribution in [3.8, 4) is 5.75 Å². The van der Waals surface area contributed by atoms with Gasteiger partial charge in [-0.3, -0.25) is 13.8 Å². The van der Waals surface area contributed by atoms with Crippen LogP contribution in [0, 0.1) is 6.92 Å². The van der Waals surface area contributed by atoms with E-state index in [1.54, 1.807) is 12.1 Å². The number of Topliss-reactive ketones (excluding diaryl/α,β-unsaturated/α-hetero) is 1. The SMILES string of the molecule is CC(=O)Oc1ccc(C(=O)COS(=O)(=O)c2ccc(C)cc2)cc1. The summed E-state index contributed by atoms with van der Waals surface area (Å²) in [5.74, 6) is -0.672. The second-order valence-electron chi connectivity index (χ2n) is 5.07. The van der Waals surface area contributed by atoms with Crippen molar-refractivity contribution in [2.24, 2.45) is 0 Å². The highest BCUT2D eigenvalue weighted by Crippen LogP contribution is 2.16. The summed E-state index contributed by atoms with van der Waals surface area (Å²) < 4.78 is 33.7. The Kier molecular flexibility index (Phi) is 5.48. The number of hydrogen-bond acceptors (Lipinski definition) is 6. The molecule has 0 fully saturated rings. The molecule has 7 heteroatoms. The Morgan fingerprint density at radius 3 is 2.08 bits per heavy atom. The zero-order chi connectivity index (χ0) is 17.7. The number of benzene rings is 2. The lowest BCUT2D eigenvalue weighted by atomic mass is 10.1. The summed E-state index contributed by atoms with van der Waals surface area (Å²) in [7, 11) is -3.99. The van der Waals surface area contributed by atoms with Crippen molar-refractivity contribution in [3.63, 3.8) is 0 Å². The van der Waals surface area contributed by atoms with Crippen molar-refractivity contribution >= 4 is 21.9 Å². The molecular weight excluding hydrogens is 332 g/mol. The Bertz CT molecular complexity index is 836. The Morgan fingerprint density at radius 2 is 1.54 bits per heavy atom. The molecule has 24 heavy (non-hydrogen) atoms. The van der Waals surface area contributed by atoms with Gasteiger partial charge in [-0.2, -0.15) is 8.42 Å². The van der Waals surface area contributed by atoms with Crippen molar-refractivity contribution in [1.29, 1.82) is 0 Å². The van der Waals surface area contributed by atoms with Gasteiger partial charge in [-0.1, -0.05) is 17.7 Å². The standard InChI is InChI=1S/C17H16O6S/c1-12-3-9-16(10-4-12)24(20,21)22-11-17(19)14-5-7-15(8-6-14)23-13(2)18/h3-10H,11H2,1-2H3. The molecule has 0 unspecified atom stereocenters. The molecular formula is C17H16O6S. The maximum Gasteiger partial charge on any atom is 0.308 e. The van der Waals surface area contributed by atoms with Gasteiger partial charge in [0.2, 0.25) is 0 Å². The number of carbonyl (C=O) groups excluding carboxylic acids is 2. The van der Waals surface area contributed by atoms with Crippen LogP contribution in [-0.4, -0.2) is 26.8 Å². The first-order valence-corrected chi connectivity index (χ1v) is 8.46. The Labute approximate surface area is 140 Å². The molecule has 0 aliphatic heterocycles. The topological polar surface area (TPSA) is 86.7 Å². The minimum absolute atomic E-state index is 0.00824. The summed E-state index contributed by atoms with van der Waals surface area (Å²) in [4.78, 5) is 22.8. The van der Waals surface area contributed by atoms with Gasteiger partial charge < -0.3 is 4.74 Å². The first-order valence-electron chi connectivity index (χ1n) is 7.06. The molecule has 6 nitrogen and oxygen atoms in total. The van der Waals surface area contributed by atoms with E-state index in [1.807, 2.05) is 6.92 Å². The first-order chi connectivity index (χ1) is 11.3. The first kappa shape index (κ1) is 17.8. The van der Waals surface area contributed by atoms with E-state index in [2.05, 4.69) is 0 Å². The normalized spacial score (nSPS) is 11.1. The number of esters is 1. The van der Waals surface area contributed by atoms with Crippen molar-refractivity contribution in [3.05, 3.63) is 59.7 Å². The van der Waals surface area contributed by atoms with Gasteiger partial charge >= 0.3 is 5.97 Å². The summed E-state index contributed by atoms with van der Waals surface area (Å²) in [5.41, 5.74) is 1.17. The minimum atomic E-state index is -3.99. The van der Waals surface area contributed by atoms with Crippen LogP contribution < -0.4 is 4.74 Å². The fraction of sp³-hybridized carbons (Fsp3) is 0.176. The van der Waals surface area contributed by atoms with Gasteiger partial charge in [-0.25, -0.2) is 0 Å². The minimum Gasteiger partial charge on any atom is -0.427 e. The third kappa shape index (κ3) is 4.74. The lowest BCUT2D eigenvalue weighted by molar-refractivity contribution is -0.131. The van der Waals surface area contributed by atoms with E-state index >= 15 is 0 Å². The van der Waals surface area contributed by atoms with Crippen LogP contribution in [-0.2, 0) is 19.1 Å². The molecule has 0 aromatic heterocycles. The molecule has 0 saturated heterocycles. The van der Waals surface area contributed by atoms with E-state index < -0.39 is 28.5 Å². The molecule has 0 saturated carbocycles. The number of ether oxygens (including phenoxy) is 1. The zero-order valence-corrected chi connectivity index (χ0v) is 14.0. The van der Waals surface area contributed by atoms with E-state index in [-0.39, 0.29) is 10.5 Å². The van der Waals surface area contributed by atoms with Gasteiger partial charge in [0, 0.05) is 12.5 Å². The van der Waals surface area contributed by atoms with E-state index in [0.29, 0.717) is 5.75 Å². The second-order valence-corrected chi connectivity index (χ2v) is 6.69. The van der Waals surface area contributed by atoms with Crippen molar-refractivity contribution in [1.82, 2.24) is 0 Å². The molecule has 0 aliphatic rings. The fourth-order valence-corrected chi connectivity index (χ4v) is 2.73. The van der Waals surface area contributed by atoms with Crippen LogP contribution in [0.1, 0.15) is 22.8 Å². The predicted octanol–water partition coefficient (Wildman–Crippen LogP) is 2.51. The molecule has 2 aromatic rings. The van der Waals surface area contributed by atoms with Gasteiger partial charge in [-0.05, 0) is 43.3 Å². The molecule has 0 heterocycles. The maximum atomic E-state index is 12.0. The monoisotopic (exact) mass is 348 g/mol. The molecule has 2 aromatic carbocycles. The van der Waals surface area contributed by atoms with Crippen LogP contribution in [0.5, 0.6) is 5.75 Å². The summed E-state index contributed by atoms with van der Waals surface area (Å²) >= 11 is 0. The number of hydrogen-bond donors (Lipinski definition) is 0. The molecule has 2 rings (SSSR count). The van der Waals surface area contributed by atoms with Crippen LogP contribution in [0.25, 0.3) is 0 Å². The fourth-order valence-electron chi connectivity index (χ4n) is 1.86. The van der Waals surface area contributed by atoms with Gasteiger partial charge in [0.25, 0.3) is 10.1 Å². The predicted molar refractivity (Wildman–Crippen MR) is 86.4 cm³/mol. The van der Waals surface area contributed by atoms with Gasteiger partial charge in [0.15, 0.2) is 5.78 Å². The highest BCUT2D eigenvalue weighted by molar-refractivity contribution is 7.86. The van der Waals surface area contributed by atoms with Gasteiger partial charge in [0.1, 0.15) is 12.4 Å². The van der Waals surface area contributed by atoms with Crippen LogP contribution in [0.3, 0.4) is 0 Å². The van der Waals surface area contributed by atoms with Crippen LogP contribution in [0.4, 0.5) is 0 Å². The molecule has 0 aliphatic carbocycles. The van der Waals surface area contributed by atoms with Crippen LogP contribution >= 0.6 is 0 Å². The van der Waals surface area contributed by atoms with Crippen molar-refractivity contribution in [2.75, 3.05) is 6.61 Å². The summed E-state index contributed by atoms with van der Waals surface area (Å²) in [6, 6.07) is 11.9. The molecule has 0 radical (unpaired) electrons. The number of rotatable bonds is 6. The Morgan fingerprint density at radius 1 is 0.958 bits per heavy atom. The average molecular weight is 348 g/mol. The molecule has 126 valence electrons. The van der Waals surface area contributed by atoms with E-state index in [0.717, 1.165) is 5.56 Å². The second kappa shape index (κ2) is 7.37. The van der Waals surface area contributed by atoms with Gasteiger partial charge in [-0.15, -0.1) is 0 Å². The summed E-state index contributed by atoms with van der Waals surface area (Å²) in [5, 5.41) is 0. The lowest BCUT2D eigenvalue weighted by Crippen LogP contribution is -2.15. The third-order valence-corrected chi connectivity index (χ3v) is 4.37. The highest BCUT2D eigenvalue weighted by Gasteiger charge is 2.17. The number of carbonyl (C=O) groups is 2. The Balaban J connectivity index is 2.02. The summed E-state index contributed by atoms with van der Waals surface area (Å²) in [6.07, 6.45) is 0. The summed E-state index contributed by atoms with van der Waals surface area (Å²) in [6.45, 7) is 2.49. The number of aryl methyl sites for hydroxylation is 1. The van der Waals surface area contributed by atoms with Gasteiger partial charge in [0.05, 0.1) is 4.90 Å². The lowest BCUT2D eigenvalue weighted by Gasteiger charge is -2.06.